The predicted octanol–water partition coefficient (Wildman–Crippen LogP) is 6.62. The Bertz CT molecular complexity index is 984. The maximum absolute atomic E-state index is 5.69. The minimum atomic E-state index is 0.799. The third kappa shape index (κ3) is 2.69. The fraction of sp³-hybridized carbons (Fsp3) is 0.143. The molecule has 0 aliphatic rings. The minimum Gasteiger partial charge on any atom is -0.461 e. The molecule has 0 bridgehead atoms. The summed E-state index contributed by atoms with van der Waals surface area (Å²) in [5.41, 5.74) is 5.42. The number of rotatable bonds is 3. The van der Waals surface area contributed by atoms with Crippen molar-refractivity contribution in [3.8, 4) is 0 Å². The molecule has 0 aliphatic carbocycles. The molecule has 0 aliphatic heterocycles. The van der Waals surface area contributed by atoms with Gasteiger partial charge in [0.15, 0.2) is 0 Å². The van der Waals surface area contributed by atoms with Crippen molar-refractivity contribution in [2.24, 2.45) is 0 Å². The molecule has 0 saturated carbocycles. The molecular weight excluding hydrogens is 364 g/mol. The van der Waals surface area contributed by atoms with E-state index in [0.717, 1.165) is 38.8 Å². The van der Waals surface area contributed by atoms with Gasteiger partial charge in [-0.25, -0.2) is 0 Å². The Morgan fingerprint density at radius 1 is 0.833 bits per heavy atom. The van der Waals surface area contributed by atoms with E-state index >= 15 is 0 Å². The molecule has 4 rings (SSSR count). The van der Waals surface area contributed by atoms with Crippen LogP contribution in [-0.4, -0.2) is 5.33 Å². The second kappa shape index (κ2) is 5.99. The second-order valence-electron chi connectivity index (χ2n) is 5.99. The summed E-state index contributed by atoms with van der Waals surface area (Å²) in [5, 5.41) is 3.06. The van der Waals surface area contributed by atoms with Gasteiger partial charge in [0.05, 0.1) is 0 Å². The lowest BCUT2D eigenvalue weighted by Gasteiger charge is -2.09. The first kappa shape index (κ1) is 15.3. The van der Waals surface area contributed by atoms with Crippen molar-refractivity contribution in [1.29, 1.82) is 0 Å². The number of allylic oxidation sites excluding steroid dienone is 1. The Labute approximate surface area is 148 Å². The zero-order valence-corrected chi connectivity index (χ0v) is 15.2. The third-order valence-electron chi connectivity index (χ3n) is 4.18. The van der Waals surface area contributed by atoms with Crippen molar-refractivity contribution in [3.63, 3.8) is 0 Å². The highest BCUT2D eigenvalue weighted by Gasteiger charge is 2.10. The van der Waals surface area contributed by atoms with E-state index in [1.807, 2.05) is 26.0 Å². The van der Waals surface area contributed by atoms with Crippen molar-refractivity contribution in [2.75, 3.05) is 5.33 Å². The van der Waals surface area contributed by atoms with E-state index in [4.69, 9.17) is 8.83 Å². The highest BCUT2D eigenvalue weighted by atomic mass is 79.9. The van der Waals surface area contributed by atoms with Crippen LogP contribution < -0.4 is 0 Å². The Kier molecular flexibility index (Phi) is 3.81. The molecule has 2 aromatic carbocycles. The highest BCUT2D eigenvalue weighted by Crippen LogP contribution is 2.31. The van der Waals surface area contributed by atoms with Crippen LogP contribution >= 0.6 is 15.9 Å². The molecule has 0 saturated heterocycles. The molecule has 0 radical (unpaired) electrons. The summed E-state index contributed by atoms with van der Waals surface area (Å²) >= 11 is 3.54. The molecule has 2 nitrogen and oxygen atoms in total. The maximum atomic E-state index is 5.69. The molecule has 3 heteroatoms. The van der Waals surface area contributed by atoms with Crippen LogP contribution in [0, 0.1) is 13.8 Å². The number of aryl methyl sites for hydroxylation is 2. The van der Waals surface area contributed by atoms with Gasteiger partial charge in [0, 0.05) is 16.1 Å². The first-order valence-electron chi connectivity index (χ1n) is 7.91. The van der Waals surface area contributed by atoms with Crippen molar-refractivity contribution in [2.45, 2.75) is 13.8 Å². The summed E-state index contributed by atoms with van der Waals surface area (Å²) in [6, 6.07) is 16.8. The molecule has 0 fully saturated rings. The van der Waals surface area contributed by atoms with Crippen molar-refractivity contribution >= 4 is 43.4 Å². The van der Waals surface area contributed by atoms with Crippen molar-refractivity contribution in [3.05, 3.63) is 77.3 Å². The highest BCUT2D eigenvalue weighted by molar-refractivity contribution is 9.09. The summed E-state index contributed by atoms with van der Waals surface area (Å²) in [6.45, 7) is 3.95. The fourth-order valence-corrected chi connectivity index (χ4v) is 3.49. The summed E-state index contributed by atoms with van der Waals surface area (Å²) < 4.78 is 11.4. The van der Waals surface area contributed by atoms with E-state index in [1.165, 1.54) is 16.7 Å². The summed E-state index contributed by atoms with van der Waals surface area (Å²) in [5.74, 6) is 1.87. The molecule has 0 atom stereocenters. The van der Waals surface area contributed by atoms with Crippen LogP contribution in [0.25, 0.3) is 27.5 Å². The molecular formula is C21H17BrO2. The van der Waals surface area contributed by atoms with Gasteiger partial charge < -0.3 is 8.83 Å². The van der Waals surface area contributed by atoms with Gasteiger partial charge in [-0.3, -0.25) is 0 Å². The second-order valence-corrected chi connectivity index (χ2v) is 6.64. The molecule has 120 valence electrons. The van der Waals surface area contributed by atoms with Crippen LogP contribution in [0.15, 0.2) is 63.4 Å². The number of benzene rings is 2. The van der Waals surface area contributed by atoms with E-state index < -0.39 is 0 Å². The summed E-state index contributed by atoms with van der Waals surface area (Å²) in [6.07, 6.45) is 2.20. The predicted molar refractivity (Wildman–Crippen MR) is 103 cm³/mol. The van der Waals surface area contributed by atoms with Gasteiger partial charge in [-0.05, 0) is 66.9 Å². The molecule has 4 aromatic rings. The third-order valence-corrected chi connectivity index (χ3v) is 4.51. The monoisotopic (exact) mass is 380 g/mol. The Balaban J connectivity index is 1.86. The first-order chi connectivity index (χ1) is 11.6. The average Bonchev–Trinajstić information content (AvgIpc) is 3.11. The summed E-state index contributed by atoms with van der Waals surface area (Å²) in [4.78, 5) is 0. The zero-order chi connectivity index (χ0) is 16.7. The lowest BCUT2D eigenvalue weighted by atomic mass is 9.96. The Morgan fingerprint density at radius 3 is 1.79 bits per heavy atom. The minimum absolute atomic E-state index is 0.799. The van der Waals surface area contributed by atoms with Gasteiger partial charge in [0.2, 0.25) is 0 Å². The van der Waals surface area contributed by atoms with Crippen LogP contribution in [0.5, 0.6) is 0 Å². The summed E-state index contributed by atoms with van der Waals surface area (Å²) in [7, 11) is 0. The Morgan fingerprint density at radius 2 is 1.33 bits per heavy atom. The number of hydrogen-bond donors (Lipinski definition) is 0. The molecule has 0 N–H and O–H groups in total. The van der Waals surface area contributed by atoms with Gasteiger partial charge in [-0.1, -0.05) is 34.1 Å². The lowest BCUT2D eigenvalue weighted by Crippen LogP contribution is -1.89. The van der Waals surface area contributed by atoms with Crippen LogP contribution in [-0.2, 0) is 0 Å². The number of hydrogen-bond acceptors (Lipinski definition) is 2. The number of fused-ring (bicyclic) bond motifs is 2. The van der Waals surface area contributed by atoms with E-state index in [0.29, 0.717) is 0 Å². The van der Waals surface area contributed by atoms with Crippen LogP contribution in [0.4, 0.5) is 0 Å². The van der Waals surface area contributed by atoms with E-state index in [9.17, 15) is 0 Å². The van der Waals surface area contributed by atoms with Gasteiger partial charge in [-0.15, -0.1) is 0 Å². The topological polar surface area (TPSA) is 26.3 Å². The van der Waals surface area contributed by atoms with Gasteiger partial charge in [0.1, 0.15) is 22.7 Å². The molecule has 24 heavy (non-hydrogen) atoms. The Hall–Kier alpha value is -2.26. The van der Waals surface area contributed by atoms with Gasteiger partial charge >= 0.3 is 0 Å². The molecule has 2 heterocycles. The maximum Gasteiger partial charge on any atom is 0.134 e. The van der Waals surface area contributed by atoms with Crippen LogP contribution in [0.2, 0.25) is 0 Å². The van der Waals surface area contributed by atoms with Crippen molar-refractivity contribution in [1.82, 2.24) is 0 Å². The smallest absolute Gasteiger partial charge is 0.134 e. The standard InChI is InChI=1S/C21H17BrO2/c1-13-9-17-11-15(3-5-20(17)23-13)19(7-8-22)16-4-6-21-18(12-16)10-14(2)24-21/h3-7,9-12H,8H2,1-2H3. The average molecular weight is 381 g/mol. The van der Waals surface area contributed by atoms with Crippen LogP contribution in [0.3, 0.4) is 0 Å². The molecule has 0 spiro atoms. The van der Waals surface area contributed by atoms with E-state index in [1.54, 1.807) is 0 Å². The van der Waals surface area contributed by atoms with E-state index in [2.05, 4.69) is 58.4 Å². The molecule has 0 amide bonds. The fourth-order valence-electron chi connectivity index (χ4n) is 3.17. The quantitative estimate of drug-likeness (QED) is 0.373. The van der Waals surface area contributed by atoms with Crippen LogP contribution in [0.1, 0.15) is 22.6 Å². The molecule has 0 unspecified atom stereocenters. The SMILES string of the molecule is Cc1cc2cc(C(=CCBr)c3ccc4oc(C)cc4c3)ccc2o1. The van der Waals surface area contributed by atoms with Gasteiger partial charge in [0.25, 0.3) is 0 Å². The number of furan rings is 2. The van der Waals surface area contributed by atoms with E-state index in [-0.39, 0.29) is 0 Å². The lowest BCUT2D eigenvalue weighted by molar-refractivity contribution is 0.578. The number of alkyl halides is 1. The zero-order valence-electron chi connectivity index (χ0n) is 13.6. The molecule has 2 aromatic heterocycles. The number of halogens is 1. The van der Waals surface area contributed by atoms with Crippen molar-refractivity contribution < 1.29 is 8.83 Å². The largest absolute Gasteiger partial charge is 0.461 e. The normalized spacial score (nSPS) is 11.3. The first-order valence-corrected chi connectivity index (χ1v) is 9.03. The van der Waals surface area contributed by atoms with Gasteiger partial charge in [-0.2, -0.15) is 0 Å².